The largest absolute Gasteiger partial charge is 0.469 e. The van der Waals surface area contributed by atoms with E-state index >= 15 is 0 Å². The van der Waals surface area contributed by atoms with E-state index in [2.05, 4.69) is 15.9 Å². The van der Waals surface area contributed by atoms with Crippen LogP contribution >= 0.6 is 15.9 Å². The highest BCUT2D eigenvalue weighted by Gasteiger charge is 2.67. The molecule has 6 heteroatoms. The molecule has 114 valence electrons. The molecule has 2 fully saturated rings. The summed E-state index contributed by atoms with van der Waals surface area (Å²) in [5.41, 5.74) is 0.0796. The zero-order chi connectivity index (χ0) is 15.5. The second-order valence-electron chi connectivity index (χ2n) is 5.80. The van der Waals surface area contributed by atoms with E-state index in [0.29, 0.717) is 6.54 Å². The Morgan fingerprint density at radius 2 is 2.23 bits per heavy atom. The normalized spacial score (nSPS) is 35.1. The van der Waals surface area contributed by atoms with Crippen LogP contribution in [0.2, 0.25) is 0 Å². The number of nitrogens with zero attached hydrogens (tertiary/aromatic N) is 1. The van der Waals surface area contributed by atoms with Gasteiger partial charge in [0.15, 0.2) is 0 Å². The van der Waals surface area contributed by atoms with Crippen LogP contribution in [0.15, 0.2) is 40.9 Å². The lowest BCUT2D eigenvalue weighted by molar-refractivity contribution is -0.149. The number of halogens is 1. The maximum atomic E-state index is 12.9. The van der Waals surface area contributed by atoms with Crippen molar-refractivity contribution in [3.05, 3.63) is 40.9 Å². The Morgan fingerprint density at radius 1 is 1.45 bits per heavy atom. The Balaban J connectivity index is 1.75. The van der Waals surface area contributed by atoms with Crippen LogP contribution < -0.4 is 4.90 Å². The lowest BCUT2D eigenvalue weighted by Gasteiger charge is -2.22. The Hall–Kier alpha value is -1.66. The molecular formula is C16H14BrNO4. The molecular weight excluding hydrogens is 350 g/mol. The molecule has 1 spiro atoms. The van der Waals surface area contributed by atoms with Crippen LogP contribution in [0.1, 0.15) is 0 Å². The third kappa shape index (κ3) is 1.68. The average Bonchev–Trinajstić information content (AvgIpc) is 3.15. The number of esters is 1. The van der Waals surface area contributed by atoms with Crippen molar-refractivity contribution < 1.29 is 19.1 Å². The summed E-state index contributed by atoms with van der Waals surface area (Å²) in [6, 6.07) is 7.54. The molecule has 1 amide bonds. The highest BCUT2D eigenvalue weighted by atomic mass is 79.9. The molecule has 22 heavy (non-hydrogen) atoms. The van der Waals surface area contributed by atoms with Gasteiger partial charge in [0.2, 0.25) is 5.91 Å². The van der Waals surface area contributed by atoms with E-state index in [1.54, 1.807) is 4.90 Å². The third-order valence-electron chi connectivity index (χ3n) is 4.72. The summed E-state index contributed by atoms with van der Waals surface area (Å²) in [6.45, 7) is 0.416. The van der Waals surface area contributed by atoms with Gasteiger partial charge < -0.3 is 14.4 Å². The molecule has 2 saturated heterocycles. The summed E-state index contributed by atoms with van der Waals surface area (Å²) in [5.74, 6) is -1.55. The quantitative estimate of drug-likeness (QED) is 0.594. The number of hydrogen-bond acceptors (Lipinski definition) is 4. The second kappa shape index (κ2) is 4.67. The number of carbonyl (C=O) groups excluding carboxylic acids is 2. The maximum Gasteiger partial charge on any atom is 0.312 e. The first kappa shape index (κ1) is 14.0. The number of fused-ring (bicyclic) bond motifs is 1. The average molecular weight is 364 g/mol. The number of para-hydroxylation sites is 1. The molecule has 2 bridgehead atoms. The van der Waals surface area contributed by atoms with Gasteiger partial charge in [0, 0.05) is 4.47 Å². The predicted octanol–water partition coefficient (Wildman–Crippen LogP) is 1.91. The number of ether oxygens (including phenoxy) is 2. The van der Waals surface area contributed by atoms with Crippen LogP contribution in [0.25, 0.3) is 0 Å². The fraction of sp³-hybridized carbons (Fsp3) is 0.375. The van der Waals surface area contributed by atoms with Gasteiger partial charge in [-0.25, -0.2) is 0 Å². The lowest BCUT2D eigenvalue weighted by atomic mass is 9.77. The van der Waals surface area contributed by atoms with Crippen LogP contribution in [-0.2, 0) is 19.1 Å². The Morgan fingerprint density at radius 3 is 2.95 bits per heavy atom. The zero-order valence-electron chi connectivity index (χ0n) is 11.9. The molecule has 4 atom stereocenters. The van der Waals surface area contributed by atoms with Crippen molar-refractivity contribution in [2.75, 3.05) is 18.6 Å². The van der Waals surface area contributed by atoms with Crippen molar-refractivity contribution in [1.29, 1.82) is 0 Å². The van der Waals surface area contributed by atoms with E-state index in [0.717, 1.165) is 10.2 Å². The molecule has 1 aromatic carbocycles. The SMILES string of the molecule is COC(=O)[C@H]1[C@H]2C=C[C@@]3(CN(c4ccccc4Br)C(=O)[C@@H]13)O2. The number of hydrogen-bond donors (Lipinski definition) is 0. The van der Waals surface area contributed by atoms with Gasteiger partial charge in [-0.15, -0.1) is 0 Å². The number of methoxy groups -OCH3 is 1. The fourth-order valence-corrected chi connectivity index (χ4v) is 4.28. The van der Waals surface area contributed by atoms with Crippen molar-refractivity contribution >= 4 is 33.5 Å². The first-order valence-corrected chi connectivity index (χ1v) is 7.87. The monoisotopic (exact) mass is 363 g/mol. The molecule has 0 radical (unpaired) electrons. The van der Waals surface area contributed by atoms with Crippen molar-refractivity contribution in [1.82, 2.24) is 0 Å². The predicted molar refractivity (Wildman–Crippen MR) is 82.2 cm³/mol. The minimum absolute atomic E-state index is 0.0887. The summed E-state index contributed by atoms with van der Waals surface area (Å²) in [4.78, 5) is 26.7. The van der Waals surface area contributed by atoms with E-state index in [9.17, 15) is 9.59 Å². The minimum atomic E-state index is -0.712. The fourth-order valence-electron chi connectivity index (χ4n) is 3.78. The highest BCUT2D eigenvalue weighted by molar-refractivity contribution is 9.10. The van der Waals surface area contributed by atoms with Gasteiger partial charge in [-0.1, -0.05) is 24.3 Å². The van der Waals surface area contributed by atoms with Gasteiger partial charge in [0.25, 0.3) is 0 Å². The lowest BCUT2D eigenvalue weighted by Crippen LogP contribution is -2.39. The summed E-state index contributed by atoms with van der Waals surface area (Å²) in [6.07, 6.45) is 3.44. The number of rotatable bonds is 2. The van der Waals surface area contributed by atoms with E-state index < -0.39 is 17.4 Å². The van der Waals surface area contributed by atoms with Gasteiger partial charge in [-0.2, -0.15) is 0 Å². The van der Waals surface area contributed by atoms with Crippen molar-refractivity contribution in [2.24, 2.45) is 11.8 Å². The highest BCUT2D eigenvalue weighted by Crippen LogP contribution is 2.53. The number of anilines is 1. The minimum Gasteiger partial charge on any atom is -0.469 e. The van der Waals surface area contributed by atoms with E-state index in [1.807, 2.05) is 36.4 Å². The zero-order valence-corrected chi connectivity index (χ0v) is 13.4. The second-order valence-corrected chi connectivity index (χ2v) is 6.65. The number of amides is 1. The van der Waals surface area contributed by atoms with Crippen molar-refractivity contribution in [3.8, 4) is 0 Å². The molecule has 0 unspecified atom stereocenters. The molecule has 5 nitrogen and oxygen atoms in total. The topological polar surface area (TPSA) is 55.8 Å². The molecule has 3 heterocycles. The van der Waals surface area contributed by atoms with Crippen LogP contribution in [0.3, 0.4) is 0 Å². The van der Waals surface area contributed by atoms with Crippen molar-refractivity contribution in [3.63, 3.8) is 0 Å². The molecule has 4 rings (SSSR count). The number of carbonyl (C=O) groups is 2. The summed E-state index contributed by atoms with van der Waals surface area (Å²) in [5, 5.41) is 0. The first-order chi connectivity index (χ1) is 10.6. The molecule has 3 aliphatic heterocycles. The third-order valence-corrected chi connectivity index (χ3v) is 5.39. The van der Waals surface area contributed by atoms with Gasteiger partial charge in [-0.05, 0) is 28.1 Å². The maximum absolute atomic E-state index is 12.9. The Bertz CT molecular complexity index is 703. The van der Waals surface area contributed by atoms with Gasteiger partial charge >= 0.3 is 5.97 Å². The molecule has 3 aliphatic rings. The van der Waals surface area contributed by atoms with Crippen LogP contribution in [0.4, 0.5) is 5.69 Å². The molecule has 0 aliphatic carbocycles. The summed E-state index contributed by atoms with van der Waals surface area (Å²) >= 11 is 3.48. The summed E-state index contributed by atoms with van der Waals surface area (Å²) in [7, 11) is 1.34. The van der Waals surface area contributed by atoms with Gasteiger partial charge in [0.1, 0.15) is 11.5 Å². The van der Waals surface area contributed by atoms with E-state index in [4.69, 9.17) is 9.47 Å². The smallest absolute Gasteiger partial charge is 0.312 e. The standard InChI is InChI=1S/C16H14BrNO4/c1-21-15(20)12-11-6-7-16(22-11)8-18(14(19)13(12)16)10-5-3-2-4-9(10)17/h2-7,11-13H,8H2,1H3/t11-,12+,13-,16+/m1/s1. The molecule has 1 aromatic rings. The van der Waals surface area contributed by atoms with E-state index in [1.165, 1.54) is 7.11 Å². The Kier molecular flexibility index (Phi) is 2.96. The van der Waals surface area contributed by atoms with Gasteiger partial charge in [0.05, 0.1) is 31.4 Å². The molecule has 0 N–H and O–H groups in total. The molecule has 0 aromatic heterocycles. The summed E-state index contributed by atoms with van der Waals surface area (Å²) < 4.78 is 11.7. The van der Waals surface area contributed by atoms with Gasteiger partial charge in [-0.3, -0.25) is 9.59 Å². The number of benzene rings is 1. The first-order valence-electron chi connectivity index (χ1n) is 7.08. The Labute approximate surface area is 136 Å². The van der Waals surface area contributed by atoms with Crippen LogP contribution in [-0.4, -0.2) is 37.2 Å². The van der Waals surface area contributed by atoms with E-state index in [-0.39, 0.29) is 18.0 Å². The van der Waals surface area contributed by atoms with Crippen LogP contribution in [0, 0.1) is 11.8 Å². The van der Waals surface area contributed by atoms with Crippen LogP contribution in [0.5, 0.6) is 0 Å². The molecule has 0 saturated carbocycles. The van der Waals surface area contributed by atoms with Crippen molar-refractivity contribution in [2.45, 2.75) is 11.7 Å².